The summed E-state index contributed by atoms with van der Waals surface area (Å²) in [5.74, 6) is 0. The molecule has 0 saturated carbocycles. The van der Waals surface area contributed by atoms with Crippen molar-refractivity contribution in [3.8, 4) is 0 Å². The first-order valence-corrected chi connectivity index (χ1v) is 15.4. The minimum Gasteiger partial charge on any atom is -0.304 e. The van der Waals surface area contributed by atoms with Crippen LogP contribution in [0.25, 0.3) is 0 Å². The van der Waals surface area contributed by atoms with E-state index >= 15 is 0 Å². The zero-order valence-corrected chi connectivity index (χ0v) is 20.6. The quantitative estimate of drug-likeness (QED) is 0.192. The SMILES string of the molecule is BrP(Br)(c1ccccc1)(c1ccccc1)c1ccccc1.C=NC.ClCCl. The van der Waals surface area contributed by atoms with E-state index < -0.39 is 4.01 Å². The molecule has 27 heavy (non-hydrogen) atoms. The third-order valence-corrected chi connectivity index (χ3v) is 14.6. The molecule has 0 amide bonds. The van der Waals surface area contributed by atoms with E-state index in [1.807, 2.05) is 0 Å². The van der Waals surface area contributed by atoms with Crippen molar-refractivity contribution in [2.75, 3.05) is 12.4 Å². The second-order valence-electron chi connectivity index (χ2n) is 5.33. The zero-order valence-electron chi connectivity index (χ0n) is 15.0. The molecule has 3 rings (SSSR count). The van der Waals surface area contributed by atoms with Gasteiger partial charge in [0.05, 0.1) is 5.34 Å². The van der Waals surface area contributed by atoms with Crippen LogP contribution in [0.4, 0.5) is 0 Å². The molecular weight excluding hydrogens is 528 g/mol. The minimum atomic E-state index is -2.75. The van der Waals surface area contributed by atoms with E-state index in [4.69, 9.17) is 23.2 Å². The summed E-state index contributed by atoms with van der Waals surface area (Å²) in [5, 5.41) is 3.99. The number of rotatable bonds is 3. The molecule has 1 nitrogen and oxygen atoms in total. The first-order valence-electron chi connectivity index (χ1n) is 8.04. The van der Waals surface area contributed by atoms with Crippen molar-refractivity contribution < 1.29 is 0 Å². The van der Waals surface area contributed by atoms with Crippen LogP contribution in [0.2, 0.25) is 0 Å². The first-order chi connectivity index (χ1) is 12.9. The van der Waals surface area contributed by atoms with Gasteiger partial charge in [0, 0.05) is 7.05 Å². The Morgan fingerprint density at radius 3 is 1.07 bits per heavy atom. The third kappa shape index (κ3) is 6.14. The monoisotopic (exact) mass is 547 g/mol. The second kappa shape index (κ2) is 12.0. The average molecular weight is 550 g/mol. The Balaban J connectivity index is 0.000000540. The summed E-state index contributed by atoms with van der Waals surface area (Å²) in [6, 6.07) is 31.8. The van der Waals surface area contributed by atoms with E-state index in [2.05, 4.69) is 134 Å². The first kappa shape index (κ1) is 24.3. The summed E-state index contributed by atoms with van der Waals surface area (Å²) < 4.78 is -2.75. The molecule has 0 bridgehead atoms. The van der Waals surface area contributed by atoms with Crippen LogP contribution in [0.3, 0.4) is 0 Å². The minimum absolute atomic E-state index is 0.194. The van der Waals surface area contributed by atoms with Crippen molar-refractivity contribution in [1.29, 1.82) is 0 Å². The summed E-state index contributed by atoms with van der Waals surface area (Å²) >= 11 is 17.9. The van der Waals surface area contributed by atoms with E-state index in [9.17, 15) is 0 Å². The summed E-state index contributed by atoms with van der Waals surface area (Å²) in [7, 11) is 1.64. The van der Waals surface area contributed by atoms with E-state index in [-0.39, 0.29) is 5.34 Å². The Kier molecular flexibility index (Phi) is 10.8. The van der Waals surface area contributed by atoms with Gasteiger partial charge in [-0.25, -0.2) is 0 Å². The summed E-state index contributed by atoms with van der Waals surface area (Å²) in [6.07, 6.45) is 0. The molecule has 144 valence electrons. The van der Waals surface area contributed by atoms with Gasteiger partial charge in [-0.2, -0.15) is 0 Å². The molecule has 0 spiro atoms. The van der Waals surface area contributed by atoms with Gasteiger partial charge in [-0.3, -0.25) is 0 Å². The normalized spacial score (nSPS) is 11.5. The maximum Gasteiger partial charge on any atom is 0.0967 e. The van der Waals surface area contributed by atoms with Crippen LogP contribution in [0.15, 0.2) is 96.0 Å². The van der Waals surface area contributed by atoms with Gasteiger partial charge >= 0.3 is 142 Å². The molecule has 0 fully saturated rings. The molecule has 0 radical (unpaired) electrons. The summed E-state index contributed by atoms with van der Waals surface area (Å²) in [4.78, 5) is 3.25. The van der Waals surface area contributed by atoms with Gasteiger partial charge in [0.15, 0.2) is 0 Å². The molecule has 3 aromatic carbocycles. The largest absolute Gasteiger partial charge is 0.304 e. The predicted octanol–water partition coefficient (Wildman–Crippen LogP) is 6.87. The van der Waals surface area contributed by atoms with Gasteiger partial charge in [-0.1, -0.05) is 0 Å². The fourth-order valence-corrected chi connectivity index (χ4v) is 9.75. The van der Waals surface area contributed by atoms with Crippen LogP contribution in [-0.2, 0) is 0 Å². The maximum atomic E-state index is 4.76. The van der Waals surface area contributed by atoms with Crippen LogP contribution >= 0.6 is 58.2 Å². The van der Waals surface area contributed by atoms with Crippen LogP contribution in [0.5, 0.6) is 0 Å². The van der Waals surface area contributed by atoms with Crippen molar-refractivity contribution in [2.24, 2.45) is 4.99 Å². The van der Waals surface area contributed by atoms with E-state index in [1.54, 1.807) is 7.05 Å². The molecule has 0 saturated heterocycles. The number of nitrogens with zero attached hydrogens (tertiary/aromatic N) is 1. The zero-order chi connectivity index (χ0) is 20.2. The molecular formula is C21H22Br2Cl2NP. The number of alkyl halides is 2. The topological polar surface area (TPSA) is 12.4 Å². The van der Waals surface area contributed by atoms with Crippen LogP contribution in [0.1, 0.15) is 0 Å². The summed E-state index contributed by atoms with van der Waals surface area (Å²) in [6.45, 7) is 3.11. The fourth-order valence-electron chi connectivity index (χ4n) is 2.52. The Morgan fingerprint density at radius 1 is 0.704 bits per heavy atom. The molecule has 0 atom stereocenters. The van der Waals surface area contributed by atoms with Crippen LogP contribution < -0.4 is 15.9 Å². The van der Waals surface area contributed by atoms with E-state index in [1.165, 1.54) is 15.9 Å². The van der Waals surface area contributed by atoms with Gasteiger partial charge in [0.1, 0.15) is 0 Å². The second-order valence-corrected chi connectivity index (χ2v) is 20.9. The Hall–Kier alpha value is -0.700. The van der Waals surface area contributed by atoms with E-state index in [0.29, 0.717) is 0 Å². The van der Waals surface area contributed by atoms with Gasteiger partial charge in [-0.15, -0.1) is 23.2 Å². The molecule has 0 aliphatic rings. The Labute approximate surface area is 188 Å². The maximum absolute atomic E-state index is 4.76. The number of aliphatic imine (C=N–C) groups is 1. The van der Waals surface area contributed by atoms with Gasteiger partial charge in [0.25, 0.3) is 0 Å². The number of halogens is 4. The molecule has 0 unspecified atom stereocenters. The average Bonchev–Trinajstić information content (AvgIpc) is 2.71. The molecule has 0 aromatic heterocycles. The standard InChI is InChI=1S/C18H15Br2P.C2H5N.CH2Cl2/c19-21(20,16-10-4-1-5-11-16,17-12-6-2-7-13-17)18-14-8-3-9-15-18;1-3-2;2-1-3/h1-15H;1H2,2H3;1H2. The number of benzene rings is 3. The molecule has 3 aromatic rings. The van der Waals surface area contributed by atoms with Crippen molar-refractivity contribution in [2.45, 2.75) is 0 Å². The van der Waals surface area contributed by atoms with Crippen molar-refractivity contribution in [3.05, 3.63) is 91.0 Å². The molecule has 0 aliphatic carbocycles. The summed E-state index contributed by atoms with van der Waals surface area (Å²) in [5.41, 5.74) is 0. The molecule has 0 heterocycles. The van der Waals surface area contributed by atoms with Crippen molar-refractivity contribution in [1.82, 2.24) is 0 Å². The van der Waals surface area contributed by atoms with Crippen LogP contribution in [0, 0.1) is 0 Å². The smallest absolute Gasteiger partial charge is 0.0967 e. The molecule has 0 aliphatic heterocycles. The van der Waals surface area contributed by atoms with Crippen molar-refractivity contribution in [3.63, 3.8) is 0 Å². The Morgan fingerprint density at radius 2 is 0.889 bits per heavy atom. The van der Waals surface area contributed by atoms with Gasteiger partial charge < -0.3 is 4.99 Å². The third-order valence-electron chi connectivity index (χ3n) is 3.63. The molecule has 0 N–H and O–H groups in total. The van der Waals surface area contributed by atoms with Crippen LogP contribution in [-0.4, -0.2) is 19.1 Å². The van der Waals surface area contributed by atoms with Gasteiger partial charge in [-0.05, 0) is 6.72 Å². The van der Waals surface area contributed by atoms with E-state index in [0.717, 1.165) is 0 Å². The number of hydrogen-bond donors (Lipinski definition) is 0. The number of hydrogen-bond acceptors (Lipinski definition) is 1. The van der Waals surface area contributed by atoms with Crippen molar-refractivity contribution >= 4 is 80.8 Å². The predicted molar refractivity (Wildman–Crippen MR) is 135 cm³/mol. The Bertz CT molecular complexity index is 697. The molecule has 6 heteroatoms. The fraction of sp³-hybridized carbons (Fsp3) is 0.0952. The van der Waals surface area contributed by atoms with Gasteiger partial charge in [0.2, 0.25) is 0 Å².